The average molecular weight is 409 g/mol. The summed E-state index contributed by atoms with van der Waals surface area (Å²) in [5, 5.41) is 11.5. The molecule has 28 heavy (non-hydrogen) atoms. The first kappa shape index (κ1) is 21.8. The smallest absolute Gasteiger partial charge is 0.257 e. The molecule has 0 saturated carbocycles. The van der Waals surface area contributed by atoms with Gasteiger partial charge in [-0.1, -0.05) is 0 Å². The van der Waals surface area contributed by atoms with E-state index >= 15 is 0 Å². The summed E-state index contributed by atoms with van der Waals surface area (Å²) in [5.74, 6) is -0.335. The van der Waals surface area contributed by atoms with Crippen LogP contribution in [0.1, 0.15) is 16.8 Å². The normalized spacial score (nSPS) is 14.1. The van der Waals surface area contributed by atoms with E-state index in [0.717, 1.165) is 0 Å². The summed E-state index contributed by atoms with van der Waals surface area (Å²) in [5.41, 5.74) is 0.624. The highest BCUT2D eigenvalue weighted by Gasteiger charge is 2.25. The van der Waals surface area contributed by atoms with Crippen LogP contribution in [0.15, 0.2) is 40.6 Å². The van der Waals surface area contributed by atoms with E-state index in [4.69, 9.17) is 19.5 Å². The molecule has 0 unspecified atom stereocenters. The van der Waals surface area contributed by atoms with Crippen LogP contribution in [-0.4, -0.2) is 65.8 Å². The lowest BCUT2D eigenvalue weighted by Crippen LogP contribution is -2.36. The number of methoxy groups -OCH3 is 2. The highest BCUT2D eigenvalue weighted by molar-refractivity contribution is 7.89. The predicted octanol–water partition coefficient (Wildman–Crippen LogP) is 0.855. The second-order valence-electron chi connectivity index (χ2n) is 5.89. The van der Waals surface area contributed by atoms with Crippen molar-refractivity contribution < 1.29 is 27.4 Å². The van der Waals surface area contributed by atoms with E-state index in [1.165, 1.54) is 42.8 Å². The Morgan fingerprint density at radius 3 is 2.36 bits per heavy atom. The average Bonchev–Trinajstić information content (AvgIpc) is 3.15. The number of benzene rings is 1. The van der Waals surface area contributed by atoms with Crippen molar-refractivity contribution >= 4 is 15.9 Å². The molecule has 1 amide bonds. The van der Waals surface area contributed by atoms with E-state index < -0.39 is 15.9 Å². The van der Waals surface area contributed by atoms with Gasteiger partial charge in [0.2, 0.25) is 15.9 Å². The van der Waals surface area contributed by atoms with Crippen LogP contribution in [0.2, 0.25) is 0 Å². The van der Waals surface area contributed by atoms with Gasteiger partial charge in [-0.15, -0.1) is 0 Å². The van der Waals surface area contributed by atoms with E-state index in [9.17, 15) is 13.2 Å². The van der Waals surface area contributed by atoms with Crippen molar-refractivity contribution in [3.05, 3.63) is 41.3 Å². The first-order chi connectivity index (χ1) is 13.4. The Morgan fingerprint density at radius 2 is 1.82 bits per heavy atom. The highest BCUT2D eigenvalue weighted by Crippen LogP contribution is 2.19. The quantitative estimate of drug-likeness (QED) is 0.609. The van der Waals surface area contributed by atoms with Gasteiger partial charge in [-0.3, -0.25) is 10.1 Å². The van der Waals surface area contributed by atoms with Crippen LogP contribution < -0.4 is 5.32 Å². The molecule has 1 aromatic carbocycles. The van der Waals surface area contributed by atoms with Crippen molar-refractivity contribution in [1.82, 2.24) is 9.62 Å². The molecule has 0 atom stereocenters. The Bertz CT molecular complexity index is 850. The predicted molar refractivity (Wildman–Crippen MR) is 99.6 cm³/mol. The van der Waals surface area contributed by atoms with E-state index in [1.54, 1.807) is 0 Å². The van der Waals surface area contributed by atoms with Gasteiger partial charge in [-0.05, 0) is 24.3 Å². The summed E-state index contributed by atoms with van der Waals surface area (Å²) >= 11 is 0. The van der Waals surface area contributed by atoms with Crippen LogP contribution in [-0.2, 0) is 24.2 Å². The molecule has 10 heteroatoms. The Kier molecular flexibility index (Phi) is 7.95. The van der Waals surface area contributed by atoms with Gasteiger partial charge in [0.25, 0.3) is 5.91 Å². The first-order valence-corrected chi connectivity index (χ1v) is 10.0. The molecule has 1 heterocycles. The summed E-state index contributed by atoms with van der Waals surface area (Å²) in [7, 11) is -0.767. The number of carbonyl (C=O) groups excluding carboxylic acids is 1. The number of nitrogens with one attached hydrogen (secondary N) is 1. The molecule has 0 spiro atoms. The van der Waals surface area contributed by atoms with Crippen LogP contribution in [0, 0.1) is 11.3 Å². The molecule has 1 aromatic rings. The number of hydrogen-bond donors (Lipinski definition) is 1. The van der Waals surface area contributed by atoms with Crippen LogP contribution in [0.3, 0.4) is 0 Å². The number of carbonyl (C=O) groups is 1. The maximum Gasteiger partial charge on any atom is 0.257 e. The van der Waals surface area contributed by atoms with E-state index in [0.29, 0.717) is 18.6 Å². The summed E-state index contributed by atoms with van der Waals surface area (Å²) < 4.78 is 42.1. The third-order valence-electron chi connectivity index (χ3n) is 4.08. The van der Waals surface area contributed by atoms with E-state index in [2.05, 4.69) is 5.32 Å². The Labute approximate surface area is 164 Å². The summed E-state index contributed by atoms with van der Waals surface area (Å²) in [6.07, 6.45) is 0.447. The fourth-order valence-electron chi connectivity index (χ4n) is 2.52. The molecule has 1 N–H and O–H groups in total. The number of amides is 1. The zero-order valence-corrected chi connectivity index (χ0v) is 16.6. The van der Waals surface area contributed by atoms with Gasteiger partial charge in [0.15, 0.2) is 0 Å². The molecular formula is C18H23N3O6S. The van der Waals surface area contributed by atoms with Crippen molar-refractivity contribution in [2.24, 2.45) is 0 Å². The largest absolute Gasteiger partial charge is 0.478 e. The number of rotatable bonds is 10. The molecule has 0 aliphatic carbocycles. The fraction of sp³-hybridized carbons (Fsp3) is 0.444. The molecule has 0 bridgehead atoms. The van der Waals surface area contributed by atoms with Crippen LogP contribution in [0.5, 0.6) is 0 Å². The lowest BCUT2D eigenvalue weighted by atomic mass is 10.2. The van der Waals surface area contributed by atoms with Gasteiger partial charge in [0.05, 0.1) is 30.3 Å². The molecule has 0 saturated heterocycles. The third kappa shape index (κ3) is 5.30. The number of sulfonamides is 1. The van der Waals surface area contributed by atoms with Gasteiger partial charge < -0.3 is 14.2 Å². The van der Waals surface area contributed by atoms with Crippen molar-refractivity contribution in [2.75, 3.05) is 47.1 Å². The van der Waals surface area contributed by atoms with Crippen molar-refractivity contribution in [3.8, 4) is 6.07 Å². The van der Waals surface area contributed by atoms with Gasteiger partial charge in [0, 0.05) is 39.3 Å². The monoisotopic (exact) mass is 409 g/mol. The Balaban J connectivity index is 2.15. The zero-order valence-electron chi connectivity index (χ0n) is 15.8. The maximum absolute atomic E-state index is 12.8. The van der Waals surface area contributed by atoms with Crippen molar-refractivity contribution in [3.63, 3.8) is 0 Å². The van der Waals surface area contributed by atoms with Gasteiger partial charge >= 0.3 is 0 Å². The van der Waals surface area contributed by atoms with Crippen LogP contribution in [0.4, 0.5) is 0 Å². The summed E-state index contributed by atoms with van der Waals surface area (Å²) in [6.45, 7) is 1.22. The second kappa shape index (κ2) is 10.2. The number of nitriles is 1. The SMILES string of the molecule is COCCN(CCOC)S(=O)(=O)c1ccc(C(=O)NC2=C(C#N)CCO2)cc1. The Hall–Kier alpha value is -2.45. The topological polar surface area (TPSA) is 118 Å². The fourth-order valence-corrected chi connectivity index (χ4v) is 3.92. The van der Waals surface area contributed by atoms with Crippen molar-refractivity contribution in [1.29, 1.82) is 5.26 Å². The minimum absolute atomic E-state index is 0.0605. The lowest BCUT2D eigenvalue weighted by molar-refractivity contribution is 0.0930. The van der Waals surface area contributed by atoms with Gasteiger partial charge in [-0.2, -0.15) is 9.57 Å². The Morgan fingerprint density at radius 1 is 1.21 bits per heavy atom. The van der Waals surface area contributed by atoms with Gasteiger partial charge in [-0.25, -0.2) is 8.42 Å². The molecular weight excluding hydrogens is 386 g/mol. The highest BCUT2D eigenvalue weighted by atomic mass is 32.2. The molecule has 0 aromatic heterocycles. The number of nitrogens with zero attached hydrogens (tertiary/aromatic N) is 2. The van der Waals surface area contributed by atoms with E-state index in [1.807, 2.05) is 6.07 Å². The summed E-state index contributed by atoms with van der Waals surface area (Å²) in [6, 6.07) is 7.54. The van der Waals surface area contributed by atoms with Gasteiger partial charge in [0.1, 0.15) is 6.07 Å². The number of hydrogen-bond acceptors (Lipinski definition) is 7. The second-order valence-corrected chi connectivity index (χ2v) is 7.82. The minimum atomic E-state index is -3.76. The number of ether oxygens (including phenoxy) is 3. The lowest BCUT2D eigenvalue weighted by Gasteiger charge is -2.21. The first-order valence-electron chi connectivity index (χ1n) is 8.59. The molecule has 152 valence electrons. The van der Waals surface area contributed by atoms with Crippen LogP contribution >= 0.6 is 0 Å². The standard InChI is InChI=1S/C18H23N3O6S/c1-25-11-8-21(9-12-26-2)28(23,24)16-5-3-14(4-6-16)17(22)20-18-15(13-19)7-10-27-18/h3-6H,7-12H2,1-2H3,(H,20,22). The molecule has 0 radical (unpaired) electrons. The maximum atomic E-state index is 12.8. The summed E-state index contributed by atoms with van der Waals surface area (Å²) in [4.78, 5) is 12.4. The molecule has 9 nitrogen and oxygen atoms in total. The van der Waals surface area contributed by atoms with Crippen LogP contribution in [0.25, 0.3) is 0 Å². The third-order valence-corrected chi connectivity index (χ3v) is 5.99. The molecule has 1 aliphatic rings. The minimum Gasteiger partial charge on any atom is -0.478 e. The molecule has 0 fully saturated rings. The van der Waals surface area contributed by atoms with Crippen molar-refractivity contribution in [2.45, 2.75) is 11.3 Å². The zero-order chi connectivity index (χ0) is 20.6. The molecule has 2 rings (SSSR count). The molecule has 1 aliphatic heterocycles. The van der Waals surface area contributed by atoms with E-state index in [-0.39, 0.29) is 42.6 Å².